The van der Waals surface area contributed by atoms with Crippen LogP contribution in [-0.2, 0) is 14.8 Å². The summed E-state index contributed by atoms with van der Waals surface area (Å²) in [5.74, 6) is 2.87. The summed E-state index contributed by atoms with van der Waals surface area (Å²) in [6, 6.07) is 14.0. The molecule has 0 unspecified atom stereocenters. The summed E-state index contributed by atoms with van der Waals surface area (Å²) < 4.78 is 26.5. The number of hydrogen-bond donors (Lipinski definition) is 2. The second kappa shape index (κ2) is 8.72. The summed E-state index contributed by atoms with van der Waals surface area (Å²) in [7, 11) is -3.49. The number of terminal acetylenes is 1. The fourth-order valence-electron chi connectivity index (χ4n) is 2.93. The smallest absolute Gasteiger partial charge is 0.263 e. The third kappa shape index (κ3) is 4.78. The highest BCUT2D eigenvalue weighted by molar-refractivity contribution is 7.90. The van der Waals surface area contributed by atoms with Crippen molar-refractivity contribution >= 4 is 27.5 Å². The maximum absolute atomic E-state index is 12.0. The molecule has 6 nitrogen and oxygen atoms in total. The molecule has 3 rings (SSSR count). The first-order valence-corrected chi connectivity index (χ1v) is 10.5. The number of benzene rings is 2. The predicted molar refractivity (Wildman–Crippen MR) is 110 cm³/mol. The molecule has 0 spiro atoms. The zero-order valence-electron chi connectivity index (χ0n) is 15.3. The number of rotatable bonds is 7. The summed E-state index contributed by atoms with van der Waals surface area (Å²) in [6.07, 6.45) is 8.08. The average molecular weight is 395 g/mol. The molecular weight excluding hydrogens is 374 g/mol. The van der Waals surface area contributed by atoms with Crippen molar-refractivity contribution in [2.45, 2.75) is 30.6 Å². The Hall–Kier alpha value is -3.11. The first-order chi connectivity index (χ1) is 13.5. The highest BCUT2D eigenvalue weighted by Crippen LogP contribution is 2.22. The maximum atomic E-state index is 12.0. The fourth-order valence-corrected chi connectivity index (χ4v) is 4.18. The molecule has 0 bridgehead atoms. The van der Waals surface area contributed by atoms with Crippen molar-refractivity contribution in [3.8, 4) is 12.3 Å². The summed E-state index contributed by atoms with van der Waals surface area (Å²) >= 11 is 0. The van der Waals surface area contributed by atoms with E-state index in [1.165, 1.54) is 0 Å². The highest BCUT2D eigenvalue weighted by atomic mass is 32.2. The van der Waals surface area contributed by atoms with Gasteiger partial charge in [0, 0.05) is 29.8 Å². The number of carbonyl (C=O) groups is 1. The molecule has 0 aliphatic carbocycles. The minimum atomic E-state index is -3.49. The second-order valence-corrected chi connectivity index (χ2v) is 8.07. The second-order valence-electron chi connectivity index (χ2n) is 6.42. The first-order valence-electron chi connectivity index (χ1n) is 9.03. The minimum Gasteiger partial charge on any atom is -0.326 e. The van der Waals surface area contributed by atoms with E-state index in [1.807, 2.05) is 0 Å². The van der Waals surface area contributed by atoms with E-state index in [1.54, 1.807) is 48.5 Å². The van der Waals surface area contributed by atoms with Crippen molar-refractivity contribution in [2.24, 2.45) is 4.99 Å². The molecule has 1 aliphatic rings. The fraction of sp³-hybridized carbons (Fsp3) is 0.238. The molecule has 2 aromatic carbocycles. The lowest BCUT2D eigenvalue weighted by atomic mass is 10.1. The van der Waals surface area contributed by atoms with Crippen LogP contribution >= 0.6 is 0 Å². The molecule has 1 amide bonds. The SMILES string of the molecule is C#Cc1cccc(NC(=O)CCCCCN=C2NS(=O)(=O)c3ccccc32)c1. The molecule has 1 heterocycles. The molecule has 0 radical (unpaired) electrons. The number of carbonyl (C=O) groups excluding carboxylic acids is 1. The van der Waals surface area contributed by atoms with E-state index in [-0.39, 0.29) is 10.8 Å². The number of nitrogens with zero attached hydrogens (tertiary/aromatic N) is 1. The van der Waals surface area contributed by atoms with Crippen LogP contribution in [0.1, 0.15) is 36.8 Å². The van der Waals surface area contributed by atoms with Crippen LogP contribution in [0.15, 0.2) is 58.4 Å². The monoisotopic (exact) mass is 395 g/mol. The summed E-state index contributed by atoms with van der Waals surface area (Å²) in [4.78, 5) is 16.6. The third-order valence-electron chi connectivity index (χ3n) is 4.31. The number of anilines is 1. The number of unbranched alkanes of at least 4 members (excludes halogenated alkanes) is 2. The molecule has 0 fully saturated rings. The molecular formula is C21H21N3O3S. The van der Waals surface area contributed by atoms with Gasteiger partial charge < -0.3 is 5.32 Å². The van der Waals surface area contributed by atoms with E-state index in [9.17, 15) is 13.2 Å². The van der Waals surface area contributed by atoms with E-state index >= 15 is 0 Å². The van der Waals surface area contributed by atoms with E-state index in [2.05, 4.69) is 21.0 Å². The van der Waals surface area contributed by atoms with Crippen LogP contribution in [0.5, 0.6) is 0 Å². The average Bonchev–Trinajstić information content (AvgIpc) is 2.95. The molecule has 28 heavy (non-hydrogen) atoms. The van der Waals surface area contributed by atoms with Gasteiger partial charge in [-0.25, -0.2) is 8.42 Å². The van der Waals surface area contributed by atoms with Crippen LogP contribution in [-0.4, -0.2) is 26.7 Å². The Kier molecular flexibility index (Phi) is 6.12. The predicted octanol–water partition coefficient (Wildman–Crippen LogP) is 2.91. The Bertz CT molecular complexity index is 1050. The molecule has 0 saturated heterocycles. The van der Waals surface area contributed by atoms with Gasteiger partial charge in [0.05, 0.1) is 4.90 Å². The maximum Gasteiger partial charge on any atom is 0.263 e. The van der Waals surface area contributed by atoms with Gasteiger partial charge in [0.25, 0.3) is 10.0 Å². The number of sulfonamides is 1. The quantitative estimate of drug-likeness (QED) is 0.558. The third-order valence-corrected chi connectivity index (χ3v) is 5.70. The van der Waals surface area contributed by atoms with E-state index < -0.39 is 10.0 Å². The lowest BCUT2D eigenvalue weighted by molar-refractivity contribution is -0.116. The molecule has 2 N–H and O–H groups in total. The van der Waals surface area contributed by atoms with Crippen LogP contribution in [0, 0.1) is 12.3 Å². The Balaban J connectivity index is 1.41. The Morgan fingerprint density at radius 1 is 1.11 bits per heavy atom. The van der Waals surface area contributed by atoms with Gasteiger partial charge >= 0.3 is 0 Å². The molecule has 0 saturated carbocycles. The normalized spacial score (nSPS) is 15.5. The molecule has 0 aromatic heterocycles. The highest BCUT2D eigenvalue weighted by Gasteiger charge is 2.29. The Morgan fingerprint density at radius 3 is 2.75 bits per heavy atom. The summed E-state index contributed by atoms with van der Waals surface area (Å²) in [5.41, 5.74) is 2.02. The van der Waals surface area contributed by atoms with Crippen molar-refractivity contribution in [1.82, 2.24) is 4.72 Å². The molecule has 0 atom stereocenters. The number of amides is 1. The van der Waals surface area contributed by atoms with Crippen molar-refractivity contribution < 1.29 is 13.2 Å². The van der Waals surface area contributed by atoms with Gasteiger partial charge in [0.1, 0.15) is 5.84 Å². The van der Waals surface area contributed by atoms with Crippen molar-refractivity contribution in [3.05, 3.63) is 59.7 Å². The van der Waals surface area contributed by atoms with Gasteiger partial charge in [-0.3, -0.25) is 14.5 Å². The Labute approximate surface area is 165 Å². The minimum absolute atomic E-state index is 0.0574. The standard InChI is InChI=1S/C21H21N3O3S/c1-2-16-9-8-10-17(15-16)23-20(25)13-4-3-7-14-22-21-18-11-5-6-12-19(18)28(26,27)24-21/h1,5-6,8-12,15H,3-4,7,13-14H2,(H,22,24)(H,23,25). The van der Waals surface area contributed by atoms with Crippen LogP contribution in [0.2, 0.25) is 0 Å². The van der Waals surface area contributed by atoms with Crippen LogP contribution in [0.3, 0.4) is 0 Å². The van der Waals surface area contributed by atoms with Gasteiger partial charge in [0.2, 0.25) is 5.91 Å². The summed E-state index contributed by atoms with van der Waals surface area (Å²) in [5, 5.41) is 2.83. The first kappa shape index (κ1) is 19.6. The zero-order valence-corrected chi connectivity index (χ0v) is 16.1. The van der Waals surface area contributed by atoms with Gasteiger partial charge in [0.15, 0.2) is 0 Å². The van der Waals surface area contributed by atoms with Crippen LogP contribution < -0.4 is 10.0 Å². The zero-order chi connectivity index (χ0) is 20.0. The summed E-state index contributed by atoms with van der Waals surface area (Å²) in [6.45, 7) is 0.498. The lowest BCUT2D eigenvalue weighted by Crippen LogP contribution is -2.22. The topological polar surface area (TPSA) is 87.6 Å². The molecule has 7 heteroatoms. The number of fused-ring (bicyclic) bond motifs is 1. The van der Waals surface area contributed by atoms with Crippen LogP contribution in [0.25, 0.3) is 0 Å². The number of aliphatic imine (C=N–C) groups is 1. The number of amidine groups is 1. The number of hydrogen-bond acceptors (Lipinski definition) is 4. The van der Waals surface area contributed by atoms with Gasteiger partial charge in [-0.05, 0) is 43.2 Å². The van der Waals surface area contributed by atoms with E-state index in [4.69, 9.17) is 6.42 Å². The van der Waals surface area contributed by atoms with Crippen molar-refractivity contribution in [3.63, 3.8) is 0 Å². The number of nitrogens with one attached hydrogen (secondary N) is 2. The van der Waals surface area contributed by atoms with E-state index in [0.29, 0.717) is 30.1 Å². The molecule has 1 aliphatic heterocycles. The Morgan fingerprint density at radius 2 is 1.93 bits per heavy atom. The van der Waals surface area contributed by atoms with Crippen LogP contribution in [0.4, 0.5) is 5.69 Å². The molecule has 2 aromatic rings. The lowest BCUT2D eigenvalue weighted by Gasteiger charge is -2.05. The molecule has 144 valence electrons. The van der Waals surface area contributed by atoms with Crippen molar-refractivity contribution in [2.75, 3.05) is 11.9 Å². The van der Waals surface area contributed by atoms with E-state index in [0.717, 1.165) is 24.8 Å². The van der Waals surface area contributed by atoms with Gasteiger partial charge in [-0.15, -0.1) is 6.42 Å². The largest absolute Gasteiger partial charge is 0.326 e. The van der Waals surface area contributed by atoms with Gasteiger partial charge in [-0.1, -0.05) is 30.5 Å². The van der Waals surface area contributed by atoms with Crippen molar-refractivity contribution in [1.29, 1.82) is 0 Å². The van der Waals surface area contributed by atoms with Gasteiger partial charge in [-0.2, -0.15) is 0 Å².